The molecule has 0 spiro atoms. The molecule has 3 aromatic carbocycles. The average molecular weight is 398 g/mol. The number of alkyl carbamates (subject to hydrolysis) is 1. The van der Waals surface area contributed by atoms with Crippen LogP contribution in [0.15, 0.2) is 66.7 Å². The van der Waals surface area contributed by atoms with Crippen LogP contribution in [0.25, 0.3) is 11.1 Å². The maximum atomic E-state index is 12.1. The van der Waals surface area contributed by atoms with Gasteiger partial charge in [-0.25, -0.2) is 4.79 Å². The van der Waals surface area contributed by atoms with E-state index in [2.05, 4.69) is 41.4 Å². The molecule has 0 saturated carbocycles. The highest BCUT2D eigenvalue weighted by Gasteiger charge is 2.28. The number of phenols is 1. The number of phenolic OH excluding ortho intramolecular Hbond substituents is 1. The first-order valence-corrected chi connectivity index (χ1v) is 9.79. The first-order valence-electron chi connectivity index (χ1n) is 9.79. The molecule has 4 N–H and O–H groups in total. The second-order valence-corrected chi connectivity index (χ2v) is 7.08. The molecule has 4 rings (SSSR count). The van der Waals surface area contributed by atoms with Crippen molar-refractivity contribution in [1.29, 1.82) is 0 Å². The normalized spacial score (nSPS) is 11.7. The number of anilines is 1. The Hall–Kier alpha value is -3.91. The van der Waals surface area contributed by atoms with Crippen molar-refractivity contribution in [2.75, 3.05) is 18.9 Å². The zero-order valence-corrected chi connectivity index (χ0v) is 16.4. The summed E-state index contributed by atoms with van der Waals surface area (Å²) < 4.78 is 5.48. The molecular weight excluding hydrogens is 376 g/mol. The number of nitrogens with one attached hydrogen (secondary N) is 1. The molecule has 0 heterocycles. The summed E-state index contributed by atoms with van der Waals surface area (Å²) in [4.78, 5) is 12.1. The van der Waals surface area contributed by atoms with Gasteiger partial charge >= 0.3 is 6.09 Å². The Morgan fingerprint density at radius 2 is 1.70 bits per heavy atom. The van der Waals surface area contributed by atoms with E-state index < -0.39 is 6.09 Å². The number of carbonyl (C=O) groups is 1. The SMILES string of the molecule is Nc1ccc(O)c(C#CCCNC(=O)OCC2c3ccccc3-c3ccccc32)c1. The molecule has 30 heavy (non-hydrogen) atoms. The maximum absolute atomic E-state index is 12.1. The van der Waals surface area contributed by atoms with Crippen molar-refractivity contribution in [3.63, 3.8) is 0 Å². The van der Waals surface area contributed by atoms with E-state index in [-0.39, 0.29) is 18.3 Å². The lowest BCUT2D eigenvalue weighted by atomic mass is 9.98. The molecule has 0 bridgehead atoms. The van der Waals surface area contributed by atoms with Gasteiger partial charge in [0, 0.05) is 24.6 Å². The number of hydrogen-bond donors (Lipinski definition) is 3. The molecule has 0 saturated heterocycles. The van der Waals surface area contributed by atoms with E-state index in [4.69, 9.17) is 10.5 Å². The van der Waals surface area contributed by atoms with E-state index >= 15 is 0 Å². The summed E-state index contributed by atoms with van der Waals surface area (Å²) in [5, 5.41) is 12.5. The van der Waals surface area contributed by atoms with Crippen LogP contribution in [-0.2, 0) is 4.74 Å². The minimum absolute atomic E-state index is 0.0365. The lowest BCUT2D eigenvalue weighted by Gasteiger charge is -2.14. The molecule has 0 atom stereocenters. The predicted molar refractivity (Wildman–Crippen MR) is 117 cm³/mol. The number of benzene rings is 3. The van der Waals surface area contributed by atoms with Crippen LogP contribution in [0.3, 0.4) is 0 Å². The zero-order chi connectivity index (χ0) is 20.9. The number of aromatic hydroxyl groups is 1. The molecule has 1 aliphatic carbocycles. The molecule has 0 unspecified atom stereocenters. The van der Waals surface area contributed by atoms with Crippen molar-refractivity contribution in [2.45, 2.75) is 12.3 Å². The summed E-state index contributed by atoms with van der Waals surface area (Å²) in [6.45, 7) is 0.634. The Labute approximate surface area is 175 Å². The third-order valence-electron chi connectivity index (χ3n) is 5.11. The number of rotatable bonds is 4. The van der Waals surface area contributed by atoms with Gasteiger partial charge < -0.3 is 20.9 Å². The van der Waals surface area contributed by atoms with Crippen LogP contribution < -0.4 is 11.1 Å². The van der Waals surface area contributed by atoms with Crippen LogP contribution in [0.1, 0.15) is 29.0 Å². The Balaban J connectivity index is 1.30. The van der Waals surface area contributed by atoms with Crippen LogP contribution in [0.2, 0.25) is 0 Å². The van der Waals surface area contributed by atoms with Gasteiger partial charge in [0.1, 0.15) is 12.4 Å². The highest BCUT2D eigenvalue weighted by molar-refractivity contribution is 5.79. The fourth-order valence-electron chi connectivity index (χ4n) is 3.69. The first-order chi connectivity index (χ1) is 14.6. The number of fused-ring (bicyclic) bond motifs is 3. The van der Waals surface area contributed by atoms with Crippen LogP contribution in [0, 0.1) is 11.8 Å². The number of ether oxygens (including phenoxy) is 1. The molecule has 1 amide bonds. The minimum atomic E-state index is -0.467. The lowest BCUT2D eigenvalue weighted by Crippen LogP contribution is -2.26. The minimum Gasteiger partial charge on any atom is -0.507 e. The fourth-order valence-corrected chi connectivity index (χ4v) is 3.69. The van der Waals surface area contributed by atoms with Gasteiger partial charge in [0.05, 0.1) is 5.56 Å². The molecule has 0 aromatic heterocycles. The number of hydrogen-bond acceptors (Lipinski definition) is 4. The van der Waals surface area contributed by atoms with Crippen molar-refractivity contribution in [3.05, 3.63) is 83.4 Å². The molecule has 1 aliphatic rings. The molecule has 150 valence electrons. The smallest absolute Gasteiger partial charge is 0.407 e. The highest BCUT2D eigenvalue weighted by atomic mass is 16.5. The van der Waals surface area contributed by atoms with Crippen molar-refractivity contribution in [3.8, 4) is 28.7 Å². The van der Waals surface area contributed by atoms with E-state index in [0.29, 0.717) is 24.2 Å². The molecule has 5 nitrogen and oxygen atoms in total. The molecule has 0 fully saturated rings. The predicted octanol–water partition coefficient (Wildman–Crippen LogP) is 4.25. The maximum Gasteiger partial charge on any atom is 0.407 e. The van der Waals surface area contributed by atoms with Crippen LogP contribution >= 0.6 is 0 Å². The zero-order valence-electron chi connectivity index (χ0n) is 16.4. The van der Waals surface area contributed by atoms with Crippen LogP contribution in [-0.4, -0.2) is 24.4 Å². The molecule has 3 aromatic rings. The van der Waals surface area contributed by atoms with E-state index in [1.165, 1.54) is 28.3 Å². The van der Waals surface area contributed by atoms with Gasteiger partial charge in [0.25, 0.3) is 0 Å². The number of nitrogens with two attached hydrogens (primary N) is 1. The van der Waals surface area contributed by atoms with Crippen molar-refractivity contribution in [2.24, 2.45) is 0 Å². The van der Waals surface area contributed by atoms with Gasteiger partial charge in [-0.15, -0.1) is 0 Å². The Kier molecular flexibility index (Phi) is 5.58. The van der Waals surface area contributed by atoms with E-state index in [1.54, 1.807) is 12.1 Å². The molecule has 0 aliphatic heterocycles. The van der Waals surface area contributed by atoms with Gasteiger partial charge in [-0.05, 0) is 40.5 Å². The first kappa shape index (κ1) is 19.4. The largest absolute Gasteiger partial charge is 0.507 e. The summed E-state index contributed by atoms with van der Waals surface area (Å²) in [7, 11) is 0. The summed E-state index contributed by atoms with van der Waals surface area (Å²) in [6.07, 6.45) is -0.0382. The quantitative estimate of drug-likeness (QED) is 0.265. The number of amides is 1. The third kappa shape index (κ3) is 4.08. The van der Waals surface area contributed by atoms with Crippen molar-refractivity contribution < 1.29 is 14.6 Å². The second-order valence-electron chi connectivity index (χ2n) is 7.08. The van der Waals surface area contributed by atoms with E-state index in [0.717, 1.165) is 0 Å². The Morgan fingerprint density at radius 3 is 2.40 bits per heavy atom. The topological polar surface area (TPSA) is 84.6 Å². The fraction of sp³-hybridized carbons (Fsp3) is 0.160. The van der Waals surface area contributed by atoms with Gasteiger partial charge in [0.2, 0.25) is 0 Å². The summed E-state index contributed by atoms with van der Waals surface area (Å²) in [6, 6.07) is 21.2. The monoisotopic (exact) mass is 398 g/mol. The van der Waals surface area contributed by atoms with E-state index in [1.807, 2.05) is 24.3 Å². The highest BCUT2D eigenvalue weighted by Crippen LogP contribution is 2.44. The van der Waals surface area contributed by atoms with Crippen molar-refractivity contribution in [1.82, 2.24) is 5.32 Å². The molecular formula is C25H22N2O3. The van der Waals surface area contributed by atoms with Crippen LogP contribution in [0.4, 0.5) is 10.5 Å². The summed E-state index contributed by atoms with van der Waals surface area (Å²) in [5.74, 6) is 5.89. The van der Waals surface area contributed by atoms with Gasteiger partial charge in [-0.2, -0.15) is 0 Å². The Bertz CT molecular complexity index is 1100. The molecule has 0 radical (unpaired) electrons. The standard InChI is InChI=1S/C25H22N2O3/c26-18-12-13-24(28)17(15-18)7-5-6-14-27-25(29)30-16-23-21-10-3-1-8-19(21)20-9-2-4-11-22(20)23/h1-4,8-13,15,23,28H,6,14,16,26H2,(H,27,29). The lowest BCUT2D eigenvalue weighted by molar-refractivity contribution is 0.143. The second kappa shape index (κ2) is 8.62. The van der Waals surface area contributed by atoms with Crippen molar-refractivity contribution >= 4 is 11.8 Å². The van der Waals surface area contributed by atoms with Crippen LogP contribution in [0.5, 0.6) is 5.75 Å². The number of nitrogen functional groups attached to an aromatic ring is 1. The summed E-state index contributed by atoms with van der Waals surface area (Å²) in [5.41, 5.74) is 11.4. The average Bonchev–Trinajstić information content (AvgIpc) is 3.08. The van der Waals surface area contributed by atoms with Gasteiger partial charge in [0.15, 0.2) is 0 Å². The Morgan fingerprint density at radius 1 is 1.03 bits per heavy atom. The molecule has 5 heteroatoms. The van der Waals surface area contributed by atoms with Gasteiger partial charge in [-0.3, -0.25) is 0 Å². The van der Waals surface area contributed by atoms with E-state index in [9.17, 15) is 9.90 Å². The third-order valence-corrected chi connectivity index (χ3v) is 5.11. The summed E-state index contributed by atoms with van der Waals surface area (Å²) >= 11 is 0. The number of carbonyl (C=O) groups excluding carboxylic acids is 1. The van der Waals surface area contributed by atoms with Gasteiger partial charge in [-0.1, -0.05) is 60.4 Å².